The highest BCUT2D eigenvalue weighted by Gasteiger charge is 2.05. The average Bonchev–Trinajstić information content (AvgIpc) is 2.80. The summed E-state index contributed by atoms with van der Waals surface area (Å²) in [7, 11) is 0. The van der Waals surface area contributed by atoms with Crippen molar-refractivity contribution in [3.8, 4) is 11.3 Å². The van der Waals surface area contributed by atoms with Crippen LogP contribution in [0.5, 0.6) is 0 Å². The number of anilines is 1. The molecule has 3 aromatic rings. The van der Waals surface area contributed by atoms with Crippen molar-refractivity contribution in [2.45, 2.75) is 13.3 Å². The molecule has 0 radical (unpaired) electrons. The van der Waals surface area contributed by atoms with E-state index in [9.17, 15) is 0 Å². The maximum absolute atomic E-state index is 5.70. The van der Waals surface area contributed by atoms with Crippen molar-refractivity contribution in [2.75, 3.05) is 5.73 Å². The van der Waals surface area contributed by atoms with E-state index in [4.69, 9.17) is 5.73 Å². The zero-order valence-corrected chi connectivity index (χ0v) is 10.0. The minimum absolute atomic E-state index is 0.303. The molecule has 0 aliphatic heterocycles. The van der Waals surface area contributed by atoms with E-state index in [-0.39, 0.29) is 0 Å². The van der Waals surface area contributed by atoms with E-state index in [1.807, 2.05) is 12.1 Å². The molecule has 0 spiro atoms. The molecule has 2 aromatic heterocycles. The van der Waals surface area contributed by atoms with Crippen LogP contribution in [-0.4, -0.2) is 19.8 Å². The Morgan fingerprint density at radius 2 is 1.83 bits per heavy atom. The van der Waals surface area contributed by atoms with Crippen molar-refractivity contribution in [1.29, 1.82) is 0 Å². The van der Waals surface area contributed by atoms with E-state index in [0.29, 0.717) is 11.6 Å². The molecule has 0 atom stereocenters. The van der Waals surface area contributed by atoms with Gasteiger partial charge in [-0.05, 0) is 24.1 Å². The lowest BCUT2D eigenvalue weighted by atomic mass is 10.1. The molecule has 0 bridgehead atoms. The Morgan fingerprint density at radius 3 is 2.56 bits per heavy atom. The first-order valence-electron chi connectivity index (χ1n) is 5.85. The average molecular weight is 239 g/mol. The molecule has 3 rings (SSSR count). The Kier molecular flexibility index (Phi) is 2.44. The monoisotopic (exact) mass is 239 g/mol. The van der Waals surface area contributed by atoms with E-state index in [1.54, 1.807) is 4.52 Å². The molecule has 1 aromatic carbocycles. The molecule has 2 N–H and O–H groups in total. The molecule has 0 amide bonds. The molecule has 5 nitrogen and oxygen atoms in total. The fourth-order valence-corrected chi connectivity index (χ4v) is 1.87. The van der Waals surface area contributed by atoms with E-state index in [1.165, 1.54) is 5.56 Å². The van der Waals surface area contributed by atoms with Crippen LogP contribution in [0.4, 0.5) is 5.95 Å². The quantitative estimate of drug-likeness (QED) is 0.742. The van der Waals surface area contributed by atoms with Crippen LogP contribution in [0.1, 0.15) is 12.5 Å². The molecule has 2 heterocycles. The number of nitrogen functional groups attached to an aromatic ring is 1. The smallest absolute Gasteiger partial charge is 0.243 e. The second-order valence-electron chi connectivity index (χ2n) is 4.10. The van der Waals surface area contributed by atoms with Gasteiger partial charge in [-0.25, -0.2) is 0 Å². The summed E-state index contributed by atoms with van der Waals surface area (Å²) in [5, 5.41) is 12.1. The molecule has 90 valence electrons. The van der Waals surface area contributed by atoms with E-state index in [0.717, 1.165) is 17.7 Å². The first-order chi connectivity index (χ1) is 8.78. The van der Waals surface area contributed by atoms with Crippen LogP contribution >= 0.6 is 0 Å². The lowest BCUT2D eigenvalue weighted by molar-refractivity contribution is 0.946. The van der Waals surface area contributed by atoms with E-state index in [2.05, 4.69) is 46.5 Å². The zero-order chi connectivity index (χ0) is 12.5. The third-order valence-corrected chi connectivity index (χ3v) is 2.94. The molecule has 0 saturated carbocycles. The van der Waals surface area contributed by atoms with Gasteiger partial charge < -0.3 is 5.73 Å². The number of fused-ring (bicyclic) bond motifs is 1. The van der Waals surface area contributed by atoms with Crippen LogP contribution in [-0.2, 0) is 6.42 Å². The number of benzene rings is 1. The summed E-state index contributed by atoms with van der Waals surface area (Å²) in [4.78, 5) is 0. The van der Waals surface area contributed by atoms with Crippen molar-refractivity contribution in [3.05, 3.63) is 42.0 Å². The predicted octanol–water partition coefficient (Wildman–Crippen LogP) is 1.94. The SMILES string of the molecule is CCc1ccc(-c2ccc3nnc(N)n3n2)cc1. The summed E-state index contributed by atoms with van der Waals surface area (Å²) < 4.78 is 1.54. The number of hydrogen-bond donors (Lipinski definition) is 1. The topological polar surface area (TPSA) is 69.1 Å². The molecule has 0 saturated heterocycles. The van der Waals surface area contributed by atoms with Crippen molar-refractivity contribution in [3.63, 3.8) is 0 Å². The number of aromatic nitrogens is 4. The summed E-state index contributed by atoms with van der Waals surface area (Å²) in [6, 6.07) is 12.1. The van der Waals surface area contributed by atoms with Gasteiger partial charge in [0, 0.05) is 5.56 Å². The van der Waals surface area contributed by atoms with Gasteiger partial charge in [0.15, 0.2) is 5.65 Å². The number of aryl methyl sites for hydroxylation is 1. The fraction of sp³-hybridized carbons (Fsp3) is 0.154. The lowest BCUT2D eigenvalue weighted by Crippen LogP contribution is -1.99. The highest BCUT2D eigenvalue weighted by Crippen LogP contribution is 2.18. The Morgan fingerprint density at radius 1 is 1.06 bits per heavy atom. The van der Waals surface area contributed by atoms with Crippen molar-refractivity contribution in [2.24, 2.45) is 0 Å². The minimum Gasteiger partial charge on any atom is -0.366 e. The molecule has 0 aliphatic carbocycles. The predicted molar refractivity (Wildman–Crippen MR) is 70.0 cm³/mol. The largest absolute Gasteiger partial charge is 0.366 e. The summed E-state index contributed by atoms with van der Waals surface area (Å²) in [5.74, 6) is 0.303. The van der Waals surface area contributed by atoms with Gasteiger partial charge >= 0.3 is 0 Å². The first kappa shape index (κ1) is 10.7. The Hall–Kier alpha value is -2.43. The molecular weight excluding hydrogens is 226 g/mol. The number of nitrogens with two attached hydrogens (primary N) is 1. The molecule has 18 heavy (non-hydrogen) atoms. The van der Waals surface area contributed by atoms with Gasteiger partial charge in [-0.3, -0.25) is 0 Å². The van der Waals surface area contributed by atoms with E-state index < -0.39 is 0 Å². The molecular formula is C13H13N5. The minimum atomic E-state index is 0.303. The van der Waals surface area contributed by atoms with Gasteiger partial charge in [0.05, 0.1) is 5.69 Å². The second-order valence-corrected chi connectivity index (χ2v) is 4.10. The van der Waals surface area contributed by atoms with Gasteiger partial charge in [-0.1, -0.05) is 31.2 Å². The van der Waals surface area contributed by atoms with Crippen molar-refractivity contribution < 1.29 is 0 Å². The molecule has 0 aliphatic rings. The fourth-order valence-electron chi connectivity index (χ4n) is 1.87. The number of hydrogen-bond acceptors (Lipinski definition) is 4. The van der Waals surface area contributed by atoms with Gasteiger partial charge in [-0.15, -0.1) is 10.2 Å². The van der Waals surface area contributed by atoms with Crippen LogP contribution in [0.15, 0.2) is 36.4 Å². The normalized spacial score (nSPS) is 10.9. The van der Waals surface area contributed by atoms with Crippen molar-refractivity contribution in [1.82, 2.24) is 19.8 Å². The van der Waals surface area contributed by atoms with Gasteiger partial charge in [-0.2, -0.15) is 9.61 Å². The summed E-state index contributed by atoms with van der Waals surface area (Å²) in [5.41, 5.74) is 9.57. The highest BCUT2D eigenvalue weighted by molar-refractivity contribution is 5.61. The second kappa shape index (κ2) is 4.10. The molecule has 0 fully saturated rings. The maximum atomic E-state index is 5.70. The van der Waals surface area contributed by atoms with Gasteiger partial charge in [0.25, 0.3) is 0 Å². The van der Waals surface area contributed by atoms with Crippen molar-refractivity contribution >= 4 is 11.6 Å². The zero-order valence-electron chi connectivity index (χ0n) is 10.0. The Bertz CT molecular complexity index is 684. The van der Waals surface area contributed by atoms with Crippen LogP contribution in [0.25, 0.3) is 16.9 Å². The summed E-state index contributed by atoms with van der Waals surface area (Å²) in [6.07, 6.45) is 1.03. The Balaban J connectivity index is 2.09. The highest BCUT2D eigenvalue weighted by atomic mass is 15.4. The lowest BCUT2D eigenvalue weighted by Gasteiger charge is -2.03. The van der Waals surface area contributed by atoms with Crippen LogP contribution in [0.3, 0.4) is 0 Å². The van der Waals surface area contributed by atoms with Crippen LogP contribution in [0, 0.1) is 0 Å². The standard InChI is InChI=1S/C13H13N5/c1-2-9-3-5-10(6-4-9)11-7-8-12-15-16-13(14)18(12)17-11/h3-8H,2H2,1H3,(H2,14,16). The molecule has 5 heteroatoms. The van der Waals surface area contributed by atoms with Crippen LogP contribution in [0.2, 0.25) is 0 Å². The number of rotatable bonds is 2. The van der Waals surface area contributed by atoms with Gasteiger partial charge in [0.1, 0.15) is 0 Å². The Labute approximate surface area is 104 Å². The number of nitrogens with zero attached hydrogens (tertiary/aromatic N) is 4. The summed E-state index contributed by atoms with van der Waals surface area (Å²) in [6.45, 7) is 2.14. The van der Waals surface area contributed by atoms with E-state index >= 15 is 0 Å². The molecule has 0 unspecified atom stereocenters. The van der Waals surface area contributed by atoms with Gasteiger partial charge in [0.2, 0.25) is 5.95 Å². The first-order valence-corrected chi connectivity index (χ1v) is 5.85. The summed E-state index contributed by atoms with van der Waals surface area (Å²) >= 11 is 0. The third kappa shape index (κ3) is 1.69. The maximum Gasteiger partial charge on any atom is 0.243 e. The van der Waals surface area contributed by atoms with Crippen LogP contribution < -0.4 is 5.73 Å². The third-order valence-electron chi connectivity index (χ3n) is 2.94.